The normalized spacial score (nSPS) is 10.3. The van der Waals surface area contributed by atoms with Crippen LogP contribution in [-0.4, -0.2) is 34.0 Å². The Bertz CT molecular complexity index is 876. The number of aromatic nitrogens is 3. The molecule has 0 unspecified atom stereocenters. The molecule has 0 atom stereocenters. The number of H-pyrrole nitrogens is 1. The van der Waals surface area contributed by atoms with Gasteiger partial charge in [-0.1, -0.05) is 30.3 Å². The fourth-order valence-corrected chi connectivity index (χ4v) is 2.38. The van der Waals surface area contributed by atoms with Gasteiger partial charge >= 0.3 is 0 Å². The quantitative estimate of drug-likeness (QED) is 0.664. The lowest BCUT2D eigenvalue weighted by Crippen LogP contribution is -2.21. The molecule has 2 aromatic heterocycles. The van der Waals surface area contributed by atoms with Gasteiger partial charge in [0.25, 0.3) is 11.8 Å². The topological polar surface area (TPSA) is 99.8 Å². The average molecular weight is 335 g/mol. The Morgan fingerprint density at radius 3 is 2.56 bits per heavy atom. The molecule has 126 valence electrons. The van der Waals surface area contributed by atoms with E-state index in [1.165, 1.54) is 13.1 Å². The van der Waals surface area contributed by atoms with Crippen LogP contribution in [0, 0.1) is 0 Å². The highest BCUT2D eigenvalue weighted by molar-refractivity contribution is 6.05. The van der Waals surface area contributed by atoms with Crippen LogP contribution >= 0.6 is 0 Å². The van der Waals surface area contributed by atoms with Crippen LogP contribution in [0.3, 0.4) is 0 Å². The van der Waals surface area contributed by atoms with E-state index < -0.39 is 0 Å². The number of hydrogen-bond acceptors (Lipinski definition) is 4. The minimum absolute atomic E-state index is 0.200. The fraction of sp³-hybridized carbons (Fsp3) is 0.111. The zero-order chi connectivity index (χ0) is 17.6. The van der Waals surface area contributed by atoms with E-state index in [4.69, 9.17) is 0 Å². The van der Waals surface area contributed by atoms with Crippen LogP contribution in [0.4, 0.5) is 5.82 Å². The van der Waals surface area contributed by atoms with Crippen LogP contribution in [0.15, 0.2) is 54.7 Å². The van der Waals surface area contributed by atoms with Crippen molar-refractivity contribution in [3.05, 3.63) is 77.2 Å². The maximum Gasteiger partial charge on any atom is 0.269 e. The van der Waals surface area contributed by atoms with Gasteiger partial charge in [0, 0.05) is 30.8 Å². The summed E-state index contributed by atoms with van der Waals surface area (Å²) in [5.74, 6) is -0.204. The van der Waals surface area contributed by atoms with Crippen LogP contribution in [0.1, 0.15) is 32.1 Å². The number of aromatic amines is 1. The van der Waals surface area contributed by atoms with Crippen molar-refractivity contribution in [2.24, 2.45) is 0 Å². The lowest BCUT2D eigenvalue weighted by molar-refractivity contribution is 0.0958. The number of rotatable bonds is 5. The summed E-state index contributed by atoms with van der Waals surface area (Å²) in [5.41, 5.74) is 2.24. The smallest absolute Gasteiger partial charge is 0.269 e. The minimum Gasteiger partial charge on any atom is -0.354 e. The number of pyridine rings is 1. The molecule has 3 aromatic rings. The molecule has 1 aromatic carbocycles. The molecule has 0 spiro atoms. The molecule has 0 aliphatic heterocycles. The summed E-state index contributed by atoms with van der Waals surface area (Å²) in [4.78, 5) is 28.8. The highest BCUT2D eigenvalue weighted by Gasteiger charge is 2.14. The highest BCUT2D eigenvalue weighted by Crippen LogP contribution is 2.13. The molecule has 7 heteroatoms. The van der Waals surface area contributed by atoms with Gasteiger partial charge in [0.1, 0.15) is 11.5 Å². The van der Waals surface area contributed by atoms with Gasteiger partial charge < -0.3 is 10.6 Å². The van der Waals surface area contributed by atoms with Crippen LogP contribution in [-0.2, 0) is 6.42 Å². The van der Waals surface area contributed by atoms with Crippen molar-refractivity contribution in [3.8, 4) is 0 Å². The Kier molecular flexibility index (Phi) is 4.84. The summed E-state index contributed by atoms with van der Waals surface area (Å²) in [6.45, 7) is 0. The number of amides is 2. The number of benzene rings is 1. The largest absolute Gasteiger partial charge is 0.354 e. The average Bonchev–Trinajstić information content (AvgIpc) is 3.14. The van der Waals surface area contributed by atoms with Crippen molar-refractivity contribution in [2.75, 3.05) is 12.4 Å². The molecule has 0 fully saturated rings. The zero-order valence-corrected chi connectivity index (χ0v) is 13.6. The first-order valence-electron chi connectivity index (χ1n) is 7.73. The molecular weight excluding hydrogens is 318 g/mol. The summed E-state index contributed by atoms with van der Waals surface area (Å²) in [6, 6.07) is 14.5. The summed E-state index contributed by atoms with van der Waals surface area (Å²) in [7, 11) is 1.53. The molecule has 7 nitrogen and oxygen atoms in total. The number of anilines is 1. The van der Waals surface area contributed by atoms with Crippen LogP contribution < -0.4 is 10.6 Å². The van der Waals surface area contributed by atoms with E-state index in [0.29, 0.717) is 23.5 Å². The SMILES string of the molecule is CNC(=O)c1cc(C(=O)Nc2ccn[nH]2)cc(Cc2ccccc2)n1. The first-order chi connectivity index (χ1) is 12.2. The van der Waals surface area contributed by atoms with Crippen molar-refractivity contribution < 1.29 is 9.59 Å². The second kappa shape index (κ2) is 7.39. The first-order valence-corrected chi connectivity index (χ1v) is 7.73. The Hall–Kier alpha value is -3.48. The number of nitrogens with one attached hydrogen (secondary N) is 3. The van der Waals surface area contributed by atoms with E-state index in [-0.39, 0.29) is 17.5 Å². The molecular formula is C18H17N5O2. The van der Waals surface area contributed by atoms with E-state index in [9.17, 15) is 9.59 Å². The van der Waals surface area contributed by atoms with Crippen molar-refractivity contribution in [1.82, 2.24) is 20.5 Å². The van der Waals surface area contributed by atoms with Crippen molar-refractivity contribution in [3.63, 3.8) is 0 Å². The maximum atomic E-state index is 12.5. The number of carbonyl (C=O) groups is 2. The predicted octanol–water partition coefficient (Wildman–Crippen LogP) is 2.01. The van der Waals surface area contributed by atoms with Gasteiger partial charge in [-0.3, -0.25) is 14.7 Å². The van der Waals surface area contributed by atoms with Gasteiger partial charge in [0.15, 0.2) is 0 Å². The summed E-state index contributed by atoms with van der Waals surface area (Å²) in [6.07, 6.45) is 2.06. The number of hydrogen-bond donors (Lipinski definition) is 3. The Labute approximate surface area is 144 Å². The van der Waals surface area contributed by atoms with Crippen molar-refractivity contribution in [1.29, 1.82) is 0 Å². The first kappa shape index (κ1) is 16.4. The van der Waals surface area contributed by atoms with Crippen molar-refractivity contribution in [2.45, 2.75) is 6.42 Å². The molecule has 25 heavy (non-hydrogen) atoms. The fourth-order valence-electron chi connectivity index (χ4n) is 2.38. The molecule has 2 heterocycles. The second-order valence-corrected chi connectivity index (χ2v) is 5.40. The lowest BCUT2D eigenvalue weighted by Gasteiger charge is -2.09. The zero-order valence-electron chi connectivity index (χ0n) is 13.6. The lowest BCUT2D eigenvalue weighted by atomic mass is 10.1. The number of nitrogens with zero attached hydrogens (tertiary/aromatic N) is 2. The maximum absolute atomic E-state index is 12.5. The third-order valence-corrected chi connectivity index (χ3v) is 3.58. The van der Waals surface area contributed by atoms with Crippen LogP contribution in [0.5, 0.6) is 0 Å². The molecule has 0 saturated carbocycles. The van der Waals surface area contributed by atoms with E-state index in [1.807, 2.05) is 30.3 Å². The molecule has 0 radical (unpaired) electrons. The van der Waals surface area contributed by atoms with Gasteiger partial charge in [0.2, 0.25) is 0 Å². The van der Waals surface area contributed by atoms with E-state index >= 15 is 0 Å². The molecule has 0 aliphatic rings. The number of carbonyl (C=O) groups excluding carboxylic acids is 2. The Morgan fingerprint density at radius 2 is 1.88 bits per heavy atom. The van der Waals surface area contributed by atoms with Crippen LogP contribution in [0.25, 0.3) is 0 Å². The van der Waals surface area contributed by atoms with E-state index in [0.717, 1.165) is 5.56 Å². The molecule has 3 N–H and O–H groups in total. The van der Waals surface area contributed by atoms with Crippen molar-refractivity contribution >= 4 is 17.6 Å². The molecule has 2 amide bonds. The third kappa shape index (κ3) is 4.08. The van der Waals surface area contributed by atoms with Gasteiger partial charge in [0.05, 0.1) is 6.20 Å². The standard InChI is InChI=1S/C18H17N5O2/c1-19-18(25)15-11-13(17(24)22-16-7-8-20-23-16)10-14(21-15)9-12-5-3-2-4-6-12/h2-8,10-11H,9H2,1H3,(H,19,25)(H2,20,22,23,24). The van der Waals surface area contributed by atoms with Crippen LogP contribution in [0.2, 0.25) is 0 Å². The highest BCUT2D eigenvalue weighted by atomic mass is 16.2. The third-order valence-electron chi connectivity index (χ3n) is 3.58. The Morgan fingerprint density at radius 1 is 1.08 bits per heavy atom. The minimum atomic E-state index is -0.342. The second-order valence-electron chi connectivity index (χ2n) is 5.40. The van der Waals surface area contributed by atoms with Gasteiger partial charge in [-0.15, -0.1) is 0 Å². The predicted molar refractivity (Wildman–Crippen MR) is 93.4 cm³/mol. The summed E-state index contributed by atoms with van der Waals surface area (Å²) in [5, 5.41) is 11.7. The monoisotopic (exact) mass is 335 g/mol. The summed E-state index contributed by atoms with van der Waals surface area (Å²) < 4.78 is 0. The van der Waals surface area contributed by atoms with E-state index in [1.54, 1.807) is 18.3 Å². The van der Waals surface area contributed by atoms with E-state index in [2.05, 4.69) is 25.8 Å². The molecule has 0 bridgehead atoms. The van der Waals surface area contributed by atoms with Gasteiger partial charge in [-0.05, 0) is 17.7 Å². The molecule has 3 rings (SSSR count). The summed E-state index contributed by atoms with van der Waals surface area (Å²) >= 11 is 0. The van der Waals surface area contributed by atoms with Gasteiger partial charge in [-0.25, -0.2) is 4.98 Å². The molecule has 0 aliphatic carbocycles. The molecule has 0 saturated heterocycles. The Balaban J connectivity index is 1.92. The van der Waals surface area contributed by atoms with Gasteiger partial charge in [-0.2, -0.15) is 5.10 Å².